The summed E-state index contributed by atoms with van der Waals surface area (Å²) in [6.07, 6.45) is 3.12. The molecule has 3 rings (SSSR count). The minimum Gasteiger partial charge on any atom is -0.327 e. The molecule has 0 fully saturated rings. The van der Waals surface area contributed by atoms with Crippen LogP contribution in [0.25, 0.3) is 11.0 Å². The Bertz CT molecular complexity index is 892. The van der Waals surface area contributed by atoms with Crippen molar-refractivity contribution in [3.8, 4) is 0 Å². The van der Waals surface area contributed by atoms with Gasteiger partial charge in [0.05, 0.1) is 17.1 Å². The van der Waals surface area contributed by atoms with Crippen molar-refractivity contribution >= 4 is 23.9 Å². The van der Waals surface area contributed by atoms with Crippen LogP contribution in [0.5, 0.6) is 0 Å². The van der Waals surface area contributed by atoms with Gasteiger partial charge in [-0.2, -0.15) is 0 Å². The molecule has 0 spiro atoms. The molecule has 0 aliphatic rings. The van der Waals surface area contributed by atoms with Gasteiger partial charge in [0.25, 0.3) is 5.56 Å². The smallest absolute Gasteiger partial charge is 0.327 e. The predicted octanol–water partition coefficient (Wildman–Crippen LogP) is 0.576. The first-order valence-corrected chi connectivity index (χ1v) is 7.74. The molecular formula is C13H12N3O4P. The second-order valence-electron chi connectivity index (χ2n) is 4.62. The molecule has 0 amide bonds. The summed E-state index contributed by atoms with van der Waals surface area (Å²) < 4.78 is 12.9. The molecule has 2 aromatic heterocycles. The second-order valence-corrected chi connectivity index (χ2v) is 6.23. The van der Waals surface area contributed by atoms with Crippen molar-refractivity contribution < 1.29 is 14.4 Å². The summed E-state index contributed by atoms with van der Waals surface area (Å²) in [7, 11) is -4.22. The maximum Gasteiger partial charge on any atom is 0.356 e. The molecule has 0 bridgehead atoms. The molecule has 3 N–H and O–H groups in total. The molecular weight excluding hydrogens is 293 g/mol. The van der Waals surface area contributed by atoms with Crippen molar-refractivity contribution in [1.82, 2.24) is 14.5 Å². The monoisotopic (exact) mass is 305 g/mol. The van der Waals surface area contributed by atoms with Gasteiger partial charge in [-0.3, -0.25) is 9.36 Å². The van der Waals surface area contributed by atoms with Crippen molar-refractivity contribution in [3.05, 3.63) is 58.8 Å². The van der Waals surface area contributed by atoms with Gasteiger partial charge in [0.2, 0.25) is 0 Å². The molecule has 2 heterocycles. The van der Waals surface area contributed by atoms with E-state index in [1.807, 2.05) is 0 Å². The maximum absolute atomic E-state index is 11.6. The van der Waals surface area contributed by atoms with Crippen LogP contribution in [0.4, 0.5) is 0 Å². The van der Waals surface area contributed by atoms with Crippen LogP contribution in [0.3, 0.4) is 0 Å². The molecule has 1 aromatic carbocycles. The van der Waals surface area contributed by atoms with Crippen molar-refractivity contribution in [1.29, 1.82) is 0 Å². The molecule has 0 aliphatic carbocycles. The number of H-pyrrole nitrogens is 1. The Hall–Kier alpha value is -2.21. The van der Waals surface area contributed by atoms with E-state index < -0.39 is 7.60 Å². The molecule has 0 aliphatic heterocycles. The van der Waals surface area contributed by atoms with Crippen molar-refractivity contribution in [2.75, 3.05) is 0 Å². The molecule has 0 unspecified atom stereocenters. The third kappa shape index (κ3) is 2.67. The zero-order chi connectivity index (χ0) is 15.0. The highest BCUT2D eigenvalue weighted by molar-refractivity contribution is 7.60. The lowest BCUT2D eigenvalue weighted by atomic mass is 10.2. The summed E-state index contributed by atoms with van der Waals surface area (Å²) in [6.45, 7) is 0.460. The SMILES string of the molecule is O=c1[nH]ccc2c1ncn2Cc1ccc(P(=O)(O)O)cc1. The van der Waals surface area contributed by atoms with E-state index >= 15 is 0 Å². The Kier molecular flexibility index (Phi) is 3.25. The molecule has 108 valence electrons. The lowest BCUT2D eigenvalue weighted by Crippen LogP contribution is -2.07. The van der Waals surface area contributed by atoms with Gasteiger partial charge in [0, 0.05) is 12.7 Å². The first-order valence-electron chi connectivity index (χ1n) is 6.13. The molecule has 0 saturated heterocycles. The Balaban J connectivity index is 1.94. The van der Waals surface area contributed by atoms with Gasteiger partial charge >= 0.3 is 7.60 Å². The topological polar surface area (TPSA) is 108 Å². The molecule has 21 heavy (non-hydrogen) atoms. The lowest BCUT2D eigenvalue weighted by Gasteiger charge is -2.07. The highest BCUT2D eigenvalue weighted by Crippen LogP contribution is 2.32. The Morgan fingerprint density at radius 3 is 2.57 bits per heavy atom. The van der Waals surface area contributed by atoms with Gasteiger partial charge < -0.3 is 19.3 Å². The van der Waals surface area contributed by atoms with Gasteiger partial charge in [-0.05, 0) is 23.8 Å². The van der Waals surface area contributed by atoms with Gasteiger partial charge in [-0.25, -0.2) is 4.98 Å². The zero-order valence-electron chi connectivity index (χ0n) is 10.8. The highest BCUT2D eigenvalue weighted by atomic mass is 31.2. The number of aromatic nitrogens is 3. The minimum atomic E-state index is -4.22. The van der Waals surface area contributed by atoms with E-state index in [0.717, 1.165) is 5.56 Å². The fraction of sp³-hybridized carbons (Fsp3) is 0.0769. The lowest BCUT2D eigenvalue weighted by molar-refractivity contribution is 0.387. The van der Waals surface area contributed by atoms with Gasteiger partial charge in [0.15, 0.2) is 5.52 Å². The van der Waals surface area contributed by atoms with Gasteiger partial charge in [-0.15, -0.1) is 0 Å². The molecule has 7 nitrogen and oxygen atoms in total. The third-order valence-electron chi connectivity index (χ3n) is 3.17. The van der Waals surface area contributed by atoms with Crippen molar-refractivity contribution in [2.24, 2.45) is 0 Å². The maximum atomic E-state index is 11.6. The van der Waals surface area contributed by atoms with E-state index in [0.29, 0.717) is 17.6 Å². The number of hydrogen-bond acceptors (Lipinski definition) is 3. The van der Waals surface area contributed by atoms with Crippen LogP contribution in [-0.4, -0.2) is 24.3 Å². The fourth-order valence-corrected chi connectivity index (χ4v) is 2.66. The van der Waals surface area contributed by atoms with Crippen LogP contribution < -0.4 is 10.9 Å². The van der Waals surface area contributed by atoms with Crippen molar-refractivity contribution in [2.45, 2.75) is 6.54 Å². The summed E-state index contributed by atoms with van der Waals surface area (Å²) in [6, 6.07) is 7.86. The minimum absolute atomic E-state index is 0.0156. The number of hydrogen-bond donors (Lipinski definition) is 3. The number of fused-ring (bicyclic) bond motifs is 1. The van der Waals surface area contributed by atoms with E-state index in [4.69, 9.17) is 9.79 Å². The first-order chi connectivity index (χ1) is 9.95. The molecule has 3 aromatic rings. The average molecular weight is 305 g/mol. The number of rotatable bonds is 3. The Labute approximate surface area is 119 Å². The highest BCUT2D eigenvalue weighted by Gasteiger charge is 2.16. The van der Waals surface area contributed by atoms with E-state index in [2.05, 4.69) is 9.97 Å². The van der Waals surface area contributed by atoms with E-state index in [-0.39, 0.29) is 10.9 Å². The molecule has 0 saturated carbocycles. The summed E-state index contributed by atoms with van der Waals surface area (Å²) in [5, 5.41) is -0.0156. The number of nitrogens with one attached hydrogen (secondary N) is 1. The van der Waals surface area contributed by atoms with Crippen LogP contribution in [-0.2, 0) is 11.1 Å². The van der Waals surface area contributed by atoms with Crippen LogP contribution in [0.2, 0.25) is 0 Å². The van der Waals surface area contributed by atoms with E-state index in [1.165, 1.54) is 12.1 Å². The standard InChI is InChI=1S/C13H12N3O4P/c17-13-12-11(5-6-14-13)16(8-15-12)7-9-1-3-10(4-2-9)21(18,19)20/h1-6,8H,7H2,(H,14,17)(H2,18,19,20). The van der Waals surface area contributed by atoms with Gasteiger partial charge in [-0.1, -0.05) is 12.1 Å². The molecule has 8 heteroatoms. The summed E-state index contributed by atoms with van der Waals surface area (Å²) in [5.41, 5.74) is 1.68. The van der Waals surface area contributed by atoms with Crippen molar-refractivity contribution in [3.63, 3.8) is 0 Å². The van der Waals surface area contributed by atoms with Crippen LogP contribution >= 0.6 is 7.60 Å². The number of benzene rings is 1. The third-order valence-corrected chi connectivity index (χ3v) is 4.15. The van der Waals surface area contributed by atoms with E-state index in [1.54, 1.807) is 35.3 Å². The first kappa shape index (κ1) is 13.8. The molecule has 0 radical (unpaired) electrons. The average Bonchev–Trinajstić information content (AvgIpc) is 2.83. The number of aromatic amines is 1. The van der Waals surface area contributed by atoms with Crippen LogP contribution in [0.1, 0.15) is 5.56 Å². The van der Waals surface area contributed by atoms with Crippen LogP contribution in [0, 0.1) is 0 Å². The zero-order valence-corrected chi connectivity index (χ0v) is 11.7. The largest absolute Gasteiger partial charge is 0.356 e. The quantitative estimate of drug-likeness (QED) is 0.613. The van der Waals surface area contributed by atoms with E-state index in [9.17, 15) is 9.36 Å². The number of nitrogens with zero attached hydrogens (tertiary/aromatic N) is 2. The summed E-state index contributed by atoms with van der Waals surface area (Å²) in [4.78, 5) is 36.3. The predicted molar refractivity (Wildman–Crippen MR) is 77.6 cm³/mol. The fourth-order valence-electron chi connectivity index (χ4n) is 2.12. The normalized spacial score (nSPS) is 11.9. The molecule has 0 atom stereocenters. The van der Waals surface area contributed by atoms with Gasteiger partial charge in [0.1, 0.15) is 0 Å². The Morgan fingerprint density at radius 2 is 1.90 bits per heavy atom. The number of pyridine rings is 1. The number of imidazole rings is 1. The summed E-state index contributed by atoms with van der Waals surface area (Å²) >= 11 is 0. The summed E-state index contributed by atoms with van der Waals surface area (Å²) in [5.74, 6) is 0. The van der Waals surface area contributed by atoms with Crippen LogP contribution in [0.15, 0.2) is 47.7 Å². The second kappa shape index (κ2) is 4.96. The Morgan fingerprint density at radius 1 is 1.19 bits per heavy atom.